The van der Waals surface area contributed by atoms with Crippen LogP contribution in [0, 0.1) is 6.92 Å². The van der Waals surface area contributed by atoms with Crippen LogP contribution in [0.3, 0.4) is 0 Å². The minimum Gasteiger partial charge on any atom is -0.356 e. The number of rotatable bonds is 10. The van der Waals surface area contributed by atoms with E-state index in [-0.39, 0.29) is 12.5 Å². The fourth-order valence-corrected chi connectivity index (χ4v) is 4.51. The molecular formula is C19H30ClN3O3S. The van der Waals surface area contributed by atoms with Gasteiger partial charge in [0.2, 0.25) is 15.9 Å². The standard InChI is InChI=1S/C19H30ClN3O3S/c1-16-8-9-17(20)15-18(16)23(27(2,25)26)14-5-7-19(24)21-10-6-13-22-11-3-4-12-22/h8-9,15H,3-7,10-14H2,1-2H3,(H,21,24). The smallest absolute Gasteiger partial charge is 0.232 e. The molecule has 0 atom stereocenters. The van der Waals surface area contributed by atoms with Gasteiger partial charge >= 0.3 is 0 Å². The Morgan fingerprint density at radius 2 is 1.96 bits per heavy atom. The van der Waals surface area contributed by atoms with Crippen molar-refractivity contribution in [3.63, 3.8) is 0 Å². The third kappa shape index (κ3) is 7.31. The van der Waals surface area contributed by atoms with Crippen LogP contribution in [0.25, 0.3) is 0 Å². The monoisotopic (exact) mass is 415 g/mol. The molecule has 1 aromatic carbocycles. The number of carbonyl (C=O) groups excluding carboxylic acids is 1. The van der Waals surface area contributed by atoms with Gasteiger partial charge in [0, 0.05) is 24.5 Å². The van der Waals surface area contributed by atoms with E-state index in [0.717, 1.165) is 31.6 Å². The molecule has 1 amide bonds. The summed E-state index contributed by atoms with van der Waals surface area (Å²) >= 11 is 6.02. The van der Waals surface area contributed by atoms with Crippen molar-refractivity contribution < 1.29 is 13.2 Å². The number of nitrogens with zero attached hydrogens (tertiary/aromatic N) is 2. The van der Waals surface area contributed by atoms with Gasteiger partial charge in [-0.2, -0.15) is 0 Å². The van der Waals surface area contributed by atoms with Gasteiger partial charge in [-0.3, -0.25) is 9.10 Å². The van der Waals surface area contributed by atoms with Crippen LogP contribution in [0.15, 0.2) is 18.2 Å². The second-order valence-corrected chi connectivity index (χ2v) is 9.46. The van der Waals surface area contributed by atoms with E-state index in [0.29, 0.717) is 30.1 Å². The van der Waals surface area contributed by atoms with E-state index in [2.05, 4.69) is 10.2 Å². The molecule has 0 bridgehead atoms. The molecule has 8 heteroatoms. The lowest BCUT2D eigenvalue weighted by atomic mass is 10.2. The quantitative estimate of drug-likeness (QED) is 0.596. The third-order valence-corrected chi connectivity index (χ3v) is 6.19. The number of carbonyl (C=O) groups is 1. The van der Waals surface area contributed by atoms with E-state index in [4.69, 9.17) is 11.6 Å². The predicted octanol–water partition coefficient (Wildman–Crippen LogP) is 2.80. The maximum Gasteiger partial charge on any atom is 0.232 e. The van der Waals surface area contributed by atoms with E-state index >= 15 is 0 Å². The zero-order valence-corrected chi connectivity index (χ0v) is 17.8. The number of benzene rings is 1. The number of halogens is 1. The van der Waals surface area contributed by atoms with Crippen LogP contribution < -0.4 is 9.62 Å². The molecule has 27 heavy (non-hydrogen) atoms. The minimum absolute atomic E-state index is 0.0345. The molecule has 1 fully saturated rings. The molecule has 1 aliphatic heterocycles. The normalized spacial score (nSPS) is 15.1. The first kappa shape index (κ1) is 22.0. The van der Waals surface area contributed by atoms with Crippen LogP contribution >= 0.6 is 11.6 Å². The van der Waals surface area contributed by atoms with Gasteiger partial charge in [-0.25, -0.2) is 8.42 Å². The van der Waals surface area contributed by atoms with Crippen molar-refractivity contribution in [2.75, 3.05) is 43.3 Å². The molecule has 1 aliphatic rings. The molecule has 1 N–H and O–H groups in total. The van der Waals surface area contributed by atoms with Gasteiger partial charge in [0.25, 0.3) is 0 Å². The summed E-state index contributed by atoms with van der Waals surface area (Å²) in [5.74, 6) is -0.0345. The number of aryl methyl sites for hydroxylation is 1. The summed E-state index contributed by atoms with van der Waals surface area (Å²) in [5, 5.41) is 3.41. The number of hydrogen-bond acceptors (Lipinski definition) is 4. The van der Waals surface area contributed by atoms with Gasteiger partial charge in [0.15, 0.2) is 0 Å². The molecular weight excluding hydrogens is 386 g/mol. The molecule has 2 rings (SSSR count). The summed E-state index contributed by atoms with van der Waals surface area (Å²) in [4.78, 5) is 14.4. The Balaban J connectivity index is 1.78. The molecule has 0 radical (unpaired) electrons. The summed E-state index contributed by atoms with van der Waals surface area (Å²) in [6.45, 7) is 6.11. The lowest BCUT2D eigenvalue weighted by Crippen LogP contribution is -2.33. The maximum atomic E-state index is 12.2. The van der Waals surface area contributed by atoms with Crippen molar-refractivity contribution >= 4 is 33.2 Å². The first-order valence-electron chi connectivity index (χ1n) is 9.50. The summed E-state index contributed by atoms with van der Waals surface area (Å²) in [6, 6.07) is 5.18. The molecule has 1 heterocycles. The fourth-order valence-electron chi connectivity index (χ4n) is 3.32. The Bertz CT molecular complexity index is 734. The number of amides is 1. The third-order valence-electron chi connectivity index (χ3n) is 4.78. The molecule has 0 spiro atoms. The number of nitrogens with one attached hydrogen (secondary N) is 1. The van der Waals surface area contributed by atoms with Crippen molar-refractivity contribution in [2.45, 2.75) is 39.0 Å². The fraction of sp³-hybridized carbons (Fsp3) is 0.632. The Morgan fingerprint density at radius 3 is 2.63 bits per heavy atom. The second kappa shape index (κ2) is 10.3. The topological polar surface area (TPSA) is 69.7 Å². The van der Waals surface area contributed by atoms with Gasteiger partial charge in [-0.05, 0) is 69.9 Å². The summed E-state index contributed by atoms with van der Waals surface area (Å²) in [5.41, 5.74) is 1.40. The van der Waals surface area contributed by atoms with E-state index in [9.17, 15) is 13.2 Å². The van der Waals surface area contributed by atoms with Crippen molar-refractivity contribution in [3.05, 3.63) is 28.8 Å². The first-order chi connectivity index (χ1) is 12.8. The lowest BCUT2D eigenvalue weighted by Gasteiger charge is -2.24. The van der Waals surface area contributed by atoms with Crippen molar-refractivity contribution in [2.24, 2.45) is 0 Å². The molecule has 152 valence electrons. The molecule has 0 aromatic heterocycles. The Labute approximate surface area is 167 Å². The Hall–Kier alpha value is -1.31. The van der Waals surface area contributed by atoms with Crippen LogP contribution in [0.2, 0.25) is 5.02 Å². The number of anilines is 1. The van der Waals surface area contributed by atoms with Crippen LogP contribution in [0.5, 0.6) is 0 Å². The number of sulfonamides is 1. The maximum absolute atomic E-state index is 12.2. The summed E-state index contributed by atoms with van der Waals surface area (Å²) in [7, 11) is -3.45. The van der Waals surface area contributed by atoms with Crippen LogP contribution in [0.4, 0.5) is 5.69 Å². The summed E-state index contributed by atoms with van der Waals surface area (Å²) < 4.78 is 25.7. The molecule has 1 saturated heterocycles. The molecule has 6 nitrogen and oxygen atoms in total. The predicted molar refractivity (Wildman–Crippen MR) is 111 cm³/mol. The average molecular weight is 416 g/mol. The molecule has 0 saturated carbocycles. The van der Waals surface area contributed by atoms with E-state index in [1.54, 1.807) is 18.2 Å². The molecule has 1 aromatic rings. The highest BCUT2D eigenvalue weighted by molar-refractivity contribution is 7.92. The van der Waals surface area contributed by atoms with Gasteiger partial charge in [0.05, 0.1) is 11.9 Å². The minimum atomic E-state index is -3.45. The second-order valence-electron chi connectivity index (χ2n) is 7.12. The Kier molecular flexibility index (Phi) is 8.38. The van der Waals surface area contributed by atoms with Crippen LogP contribution in [0.1, 0.15) is 37.7 Å². The van der Waals surface area contributed by atoms with Crippen molar-refractivity contribution in [1.29, 1.82) is 0 Å². The van der Waals surface area contributed by atoms with E-state index in [1.807, 2.05) is 6.92 Å². The van der Waals surface area contributed by atoms with Crippen LogP contribution in [-0.2, 0) is 14.8 Å². The highest BCUT2D eigenvalue weighted by atomic mass is 35.5. The van der Waals surface area contributed by atoms with Crippen LogP contribution in [-0.4, -0.2) is 58.2 Å². The van der Waals surface area contributed by atoms with Crippen molar-refractivity contribution in [3.8, 4) is 0 Å². The summed E-state index contributed by atoms with van der Waals surface area (Å²) in [6.07, 6.45) is 5.42. The van der Waals surface area contributed by atoms with Gasteiger partial charge in [-0.15, -0.1) is 0 Å². The van der Waals surface area contributed by atoms with E-state index in [1.165, 1.54) is 23.4 Å². The van der Waals surface area contributed by atoms with E-state index < -0.39 is 10.0 Å². The van der Waals surface area contributed by atoms with Gasteiger partial charge < -0.3 is 10.2 Å². The van der Waals surface area contributed by atoms with Gasteiger partial charge in [-0.1, -0.05) is 17.7 Å². The highest BCUT2D eigenvalue weighted by Gasteiger charge is 2.19. The Morgan fingerprint density at radius 1 is 1.26 bits per heavy atom. The van der Waals surface area contributed by atoms with Gasteiger partial charge in [0.1, 0.15) is 0 Å². The number of hydrogen-bond donors (Lipinski definition) is 1. The zero-order valence-electron chi connectivity index (χ0n) is 16.2. The average Bonchev–Trinajstić information content (AvgIpc) is 3.10. The SMILES string of the molecule is Cc1ccc(Cl)cc1N(CCCC(=O)NCCCN1CCCC1)S(C)(=O)=O. The number of likely N-dealkylation sites (tertiary alicyclic amines) is 1. The largest absolute Gasteiger partial charge is 0.356 e. The first-order valence-corrected chi connectivity index (χ1v) is 11.7. The molecule has 0 unspecified atom stereocenters. The zero-order chi connectivity index (χ0) is 19.9. The molecule has 0 aliphatic carbocycles. The highest BCUT2D eigenvalue weighted by Crippen LogP contribution is 2.26. The van der Waals surface area contributed by atoms with Crippen molar-refractivity contribution in [1.82, 2.24) is 10.2 Å². The lowest BCUT2D eigenvalue weighted by molar-refractivity contribution is -0.121.